The van der Waals surface area contributed by atoms with Gasteiger partial charge in [0.1, 0.15) is 23.7 Å². The molecule has 1 aliphatic heterocycles. The van der Waals surface area contributed by atoms with Gasteiger partial charge in [-0.2, -0.15) is 0 Å². The van der Waals surface area contributed by atoms with Crippen LogP contribution < -0.4 is 15.4 Å². The number of para-hydroxylation sites is 1. The summed E-state index contributed by atoms with van der Waals surface area (Å²) in [6, 6.07) is 18.2. The normalized spacial score (nSPS) is 15.3. The molecule has 0 spiro atoms. The fourth-order valence-electron chi connectivity index (χ4n) is 5.52. The number of nitrogens with one attached hydrogen (secondary N) is 3. The van der Waals surface area contributed by atoms with Crippen molar-refractivity contribution in [1.29, 1.82) is 0 Å². The second-order valence-corrected chi connectivity index (χ2v) is 11.7. The molecule has 5 rings (SSSR count). The van der Waals surface area contributed by atoms with Crippen LogP contribution in [0.4, 0.5) is 14.9 Å². The number of carbonyl (C=O) groups excluding carboxylic acids is 2. The zero-order chi connectivity index (χ0) is 30.5. The third-order valence-electron chi connectivity index (χ3n) is 7.81. The molecule has 3 aromatic carbocycles. The van der Waals surface area contributed by atoms with Crippen LogP contribution in [0.15, 0.2) is 72.9 Å². The third-order valence-corrected chi connectivity index (χ3v) is 8.14. The van der Waals surface area contributed by atoms with E-state index < -0.39 is 6.04 Å². The van der Waals surface area contributed by atoms with Crippen LogP contribution in [-0.2, 0) is 11.3 Å². The van der Waals surface area contributed by atoms with Crippen LogP contribution in [0.25, 0.3) is 10.9 Å². The minimum absolute atomic E-state index is 0.0877. The second kappa shape index (κ2) is 13.5. The molecule has 2 atom stereocenters. The molecule has 0 aliphatic carbocycles. The number of amides is 3. The molecule has 1 aromatic heterocycles. The monoisotopic (exact) mass is 605 g/mol. The van der Waals surface area contributed by atoms with E-state index in [1.165, 1.54) is 12.1 Å². The highest BCUT2D eigenvalue weighted by atomic mass is 35.5. The van der Waals surface area contributed by atoms with Gasteiger partial charge < -0.3 is 30.2 Å². The number of piperidine rings is 1. The molecule has 1 saturated heterocycles. The topological polar surface area (TPSA) is 89.7 Å². The van der Waals surface area contributed by atoms with Crippen LogP contribution in [0, 0.1) is 5.82 Å². The van der Waals surface area contributed by atoms with Crippen LogP contribution in [0.5, 0.6) is 5.75 Å². The summed E-state index contributed by atoms with van der Waals surface area (Å²) in [6.07, 6.45) is 3.04. The molecule has 3 N–H and O–H groups in total. The van der Waals surface area contributed by atoms with Gasteiger partial charge >= 0.3 is 6.03 Å². The van der Waals surface area contributed by atoms with Crippen molar-refractivity contribution in [3.05, 3.63) is 94.9 Å². The van der Waals surface area contributed by atoms with Gasteiger partial charge in [-0.25, -0.2) is 9.18 Å². The van der Waals surface area contributed by atoms with Crippen LogP contribution in [0.1, 0.15) is 36.8 Å². The Morgan fingerprint density at radius 1 is 1.09 bits per heavy atom. The van der Waals surface area contributed by atoms with Gasteiger partial charge in [-0.3, -0.25) is 4.79 Å². The Balaban J connectivity index is 1.32. The maximum atomic E-state index is 13.9. The second-order valence-electron chi connectivity index (χ2n) is 11.3. The maximum absolute atomic E-state index is 13.9. The van der Waals surface area contributed by atoms with Crippen molar-refractivity contribution in [2.24, 2.45) is 0 Å². The summed E-state index contributed by atoms with van der Waals surface area (Å²) in [6.45, 7) is 3.55. The fourth-order valence-corrected chi connectivity index (χ4v) is 5.68. The number of H-pyrrole nitrogens is 1. The van der Waals surface area contributed by atoms with Gasteiger partial charge in [0.2, 0.25) is 5.91 Å². The summed E-state index contributed by atoms with van der Waals surface area (Å²) in [7, 11) is 3.94. The van der Waals surface area contributed by atoms with Gasteiger partial charge in [0.25, 0.3) is 0 Å². The lowest BCUT2D eigenvalue weighted by atomic mass is 9.92. The molecule has 0 bridgehead atoms. The molecular weight excluding hydrogens is 569 g/mol. The first-order chi connectivity index (χ1) is 20.7. The van der Waals surface area contributed by atoms with Gasteiger partial charge in [0.15, 0.2) is 0 Å². The summed E-state index contributed by atoms with van der Waals surface area (Å²) in [5, 5.41) is 7.42. The molecule has 10 heteroatoms. The third kappa shape index (κ3) is 7.47. The van der Waals surface area contributed by atoms with Gasteiger partial charge in [-0.15, -0.1) is 0 Å². The van der Waals surface area contributed by atoms with E-state index in [-0.39, 0.29) is 29.8 Å². The zero-order valence-electron chi connectivity index (χ0n) is 24.6. The molecule has 0 unspecified atom stereocenters. The molecule has 0 radical (unpaired) electrons. The van der Waals surface area contributed by atoms with Crippen LogP contribution in [-0.4, -0.2) is 66.1 Å². The van der Waals surface area contributed by atoms with E-state index in [1.807, 2.05) is 68.5 Å². The van der Waals surface area contributed by atoms with E-state index in [4.69, 9.17) is 16.3 Å². The van der Waals surface area contributed by atoms with Gasteiger partial charge in [-0.05, 0) is 67.7 Å². The summed E-state index contributed by atoms with van der Waals surface area (Å²) >= 11 is 6.49. The standard InChI is InChI=1S/C33H37ClFN5O3/c1-21(27-19-36-29-7-5-4-6-26(27)29)31(32(41)37-30-18-22(20-39(2)3)8-13-28(30)34)38-33(42)40-16-14-25(15-17-40)43-24-11-9-23(35)10-12-24/h4-13,18-19,21,25,31,36H,14-17,20H2,1-3H3,(H,37,41)(H,38,42)/t21-,31+/m0/s1. The summed E-state index contributed by atoms with van der Waals surface area (Å²) < 4.78 is 19.2. The molecule has 4 aromatic rings. The lowest BCUT2D eigenvalue weighted by Crippen LogP contribution is -2.53. The number of hydrogen-bond donors (Lipinski definition) is 3. The number of hydrogen-bond acceptors (Lipinski definition) is 4. The molecule has 226 valence electrons. The molecule has 0 saturated carbocycles. The van der Waals surface area contributed by atoms with Gasteiger partial charge in [0, 0.05) is 55.5 Å². The fraction of sp³-hybridized carbons (Fsp3) is 0.333. The Morgan fingerprint density at radius 2 is 1.81 bits per heavy atom. The van der Waals surface area contributed by atoms with Gasteiger partial charge in [-0.1, -0.05) is 42.8 Å². The zero-order valence-corrected chi connectivity index (χ0v) is 25.3. The quantitative estimate of drug-likeness (QED) is 0.206. The largest absolute Gasteiger partial charge is 0.490 e. The van der Waals surface area contributed by atoms with E-state index in [2.05, 4.69) is 15.6 Å². The summed E-state index contributed by atoms with van der Waals surface area (Å²) in [5.41, 5.74) is 3.38. The van der Waals surface area contributed by atoms with E-state index in [0.717, 1.165) is 22.0 Å². The number of ether oxygens (including phenoxy) is 1. The number of halogens is 2. The average Bonchev–Trinajstić information content (AvgIpc) is 3.43. The van der Waals surface area contributed by atoms with E-state index in [0.29, 0.717) is 48.9 Å². The van der Waals surface area contributed by atoms with Crippen LogP contribution in [0.3, 0.4) is 0 Å². The first kappa shape index (κ1) is 30.4. The Morgan fingerprint density at radius 3 is 2.53 bits per heavy atom. The number of urea groups is 1. The van der Waals surface area contributed by atoms with E-state index >= 15 is 0 Å². The van der Waals surface area contributed by atoms with E-state index in [1.54, 1.807) is 23.1 Å². The Hall–Kier alpha value is -4.08. The molecule has 8 nitrogen and oxygen atoms in total. The predicted molar refractivity (Wildman–Crippen MR) is 168 cm³/mol. The molecule has 1 fully saturated rings. The average molecular weight is 606 g/mol. The van der Waals surface area contributed by atoms with Crippen molar-refractivity contribution < 1.29 is 18.7 Å². The first-order valence-corrected chi connectivity index (χ1v) is 14.8. The highest BCUT2D eigenvalue weighted by Gasteiger charge is 2.33. The number of anilines is 1. The number of rotatable bonds is 9. The molecule has 43 heavy (non-hydrogen) atoms. The summed E-state index contributed by atoms with van der Waals surface area (Å²) in [5.74, 6) is -0.433. The number of aromatic amines is 1. The lowest BCUT2D eigenvalue weighted by molar-refractivity contribution is -0.118. The van der Waals surface area contributed by atoms with Crippen molar-refractivity contribution in [3.8, 4) is 5.75 Å². The van der Waals surface area contributed by atoms with Gasteiger partial charge in [0.05, 0.1) is 10.7 Å². The highest BCUT2D eigenvalue weighted by molar-refractivity contribution is 6.33. The van der Waals surface area contributed by atoms with Crippen LogP contribution in [0.2, 0.25) is 5.02 Å². The number of benzene rings is 3. The molecule has 3 amide bonds. The summed E-state index contributed by atoms with van der Waals surface area (Å²) in [4.78, 5) is 34.5. The number of aromatic nitrogens is 1. The van der Waals surface area contributed by atoms with Crippen molar-refractivity contribution in [3.63, 3.8) is 0 Å². The minimum atomic E-state index is -0.881. The number of fused-ring (bicyclic) bond motifs is 1. The Labute approximate surface area is 256 Å². The SMILES string of the molecule is C[C@@H](c1c[nH]c2ccccc12)[C@@H](NC(=O)N1CCC(Oc2ccc(F)cc2)CC1)C(=O)Nc1cc(CN(C)C)ccc1Cl. The highest BCUT2D eigenvalue weighted by Crippen LogP contribution is 2.30. The van der Waals surface area contributed by atoms with Crippen LogP contribution >= 0.6 is 11.6 Å². The number of carbonyl (C=O) groups is 2. The number of likely N-dealkylation sites (tertiary alicyclic amines) is 1. The minimum Gasteiger partial charge on any atom is -0.490 e. The van der Waals surface area contributed by atoms with Crippen molar-refractivity contribution in [2.45, 2.75) is 44.4 Å². The Bertz CT molecular complexity index is 1570. The first-order valence-electron chi connectivity index (χ1n) is 14.5. The molecule has 2 heterocycles. The van der Waals surface area contributed by atoms with E-state index in [9.17, 15) is 14.0 Å². The van der Waals surface area contributed by atoms with Crippen molar-refractivity contribution >= 4 is 40.1 Å². The Kier molecular flexibility index (Phi) is 9.52. The lowest BCUT2D eigenvalue weighted by Gasteiger charge is -2.34. The van der Waals surface area contributed by atoms with Crippen molar-refractivity contribution in [1.82, 2.24) is 20.1 Å². The maximum Gasteiger partial charge on any atom is 0.318 e. The number of nitrogens with zero attached hydrogens (tertiary/aromatic N) is 2. The predicted octanol–water partition coefficient (Wildman–Crippen LogP) is 6.39. The van der Waals surface area contributed by atoms with Crippen molar-refractivity contribution in [2.75, 3.05) is 32.5 Å². The molecular formula is C33H37ClFN5O3. The smallest absolute Gasteiger partial charge is 0.318 e. The molecule has 1 aliphatic rings.